The maximum absolute atomic E-state index is 12.5. The first-order chi connectivity index (χ1) is 11.8. The molecule has 25 heavy (non-hydrogen) atoms. The van der Waals surface area contributed by atoms with E-state index in [9.17, 15) is 23.1 Å². The van der Waals surface area contributed by atoms with Crippen molar-refractivity contribution in [1.29, 1.82) is 0 Å². The largest absolute Gasteiger partial charge is 0.428 e. The van der Waals surface area contributed by atoms with E-state index in [1.54, 1.807) is 24.3 Å². The third-order valence-electron chi connectivity index (χ3n) is 3.55. The van der Waals surface area contributed by atoms with Crippen LogP contribution in [0.3, 0.4) is 0 Å². The molecule has 0 aromatic heterocycles. The van der Waals surface area contributed by atoms with Crippen molar-refractivity contribution in [2.75, 3.05) is 0 Å². The Labute approximate surface area is 141 Å². The average molecular weight is 344 g/mol. The lowest BCUT2D eigenvalue weighted by Gasteiger charge is -2.07. The maximum Gasteiger partial charge on any atom is 0.416 e. The molecule has 6 heteroatoms. The summed E-state index contributed by atoms with van der Waals surface area (Å²) in [4.78, 5) is 11.1. The quantitative estimate of drug-likeness (QED) is 0.637. The Morgan fingerprint density at radius 3 is 1.88 bits per heavy atom. The van der Waals surface area contributed by atoms with Crippen LogP contribution in [-0.2, 0) is 15.7 Å². The molecule has 0 aliphatic carbocycles. The van der Waals surface area contributed by atoms with Gasteiger partial charge in [0.2, 0.25) is 6.29 Å². The number of cyclic esters (lactones) is 1. The summed E-state index contributed by atoms with van der Waals surface area (Å²) in [5.74, 6) is 5.03. The average Bonchev–Trinajstić information content (AvgIpc) is 2.91. The molecule has 0 radical (unpaired) electrons. The van der Waals surface area contributed by atoms with Gasteiger partial charge in [-0.1, -0.05) is 24.0 Å². The summed E-state index contributed by atoms with van der Waals surface area (Å²) in [7, 11) is 0. The number of ether oxygens (including phenoxy) is 1. The van der Waals surface area contributed by atoms with Crippen LogP contribution < -0.4 is 0 Å². The Hall–Kier alpha value is -3.04. The summed E-state index contributed by atoms with van der Waals surface area (Å²) in [6, 6.07) is 11.3. The molecule has 1 aliphatic rings. The number of esters is 1. The molecule has 1 heterocycles. The van der Waals surface area contributed by atoms with E-state index in [1.165, 1.54) is 18.2 Å². The van der Waals surface area contributed by atoms with Crippen LogP contribution in [0.4, 0.5) is 13.2 Å². The van der Waals surface area contributed by atoms with Gasteiger partial charge in [0.15, 0.2) is 0 Å². The summed E-state index contributed by atoms with van der Waals surface area (Å²) >= 11 is 0. The minimum absolute atomic E-state index is 0.368. The van der Waals surface area contributed by atoms with Crippen molar-refractivity contribution in [3.8, 4) is 11.8 Å². The number of alkyl halides is 3. The van der Waals surface area contributed by atoms with Crippen LogP contribution in [0.2, 0.25) is 0 Å². The molecular weight excluding hydrogens is 333 g/mol. The zero-order valence-corrected chi connectivity index (χ0v) is 12.7. The highest BCUT2D eigenvalue weighted by atomic mass is 19.4. The highest BCUT2D eigenvalue weighted by molar-refractivity contribution is 5.96. The molecule has 0 saturated carbocycles. The highest BCUT2D eigenvalue weighted by Crippen LogP contribution is 2.29. The molecule has 0 spiro atoms. The Balaban J connectivity index is 1.76. The molecule has 1 unspecified atom stereocenters. The smallest absolute Gasteiger partial charge is 0.416 e. The standard InChI is InChI=1S/C19H11F3O3/c20-19(21,22)15-9-5-13(6-10-15)2-1-12-3-7-14(8-4-12)16-11-17(23)25-18(16)24/h3-11,18,24H. The maximum atomic E-state index is 12.5. The van der Waals surface area contributed by atoms with Crippen molar-refractivity contribution in [3.05, 3.63) is 76.9 Å². The second kappa shape index (κ2) is 6.46. The fourth-order valence-corrected chi connectivity index (χ4v) is 2.26. The van der Waals surface area contributed by atoms with Crippen molar-refractivity contribution in [2.45, 2.75) is 12.5 Å². The Bertz CT molecular complexity index is 883. The van der Waals surface area contributed by atoms with Crippen LogP contribution in [0.15, 0.2) is 54.6 Å². The SMILES string of the molecule is O=C1C=C(c2ccc(C#Cc3ccc(C(F)(F)F)cc3)cc2)C(O)O1. The zero-order chi connectivity index (χ0) is 18.0. The third kappa shape index (κ3) is 3.90. The van der Waals surface area contributed by atoms with Gasteiger partial charge >= 0.3 is 12.1 Å². The number of aliphatic hydroxyl groups excluding tert-OH is 1. The van der Waals surface area contributed by atoms with Crippen molar-refractivity contribution in [3.63, 3.8) is 0 Å². The van der Waals surface area contributed by atoms with Crippen LogP contribution >= 0.6 is 0 Å². The first-order valence-electron chi connectivity index (χ1n) is 7.23. The number of rotatable bonds is 1. The lowest BCUT2D eigenvalue weighted by Crippen LogP contribution is -2.09. The van der Waals surface area contributed by atoms with Crippen molar-refractivity contribution < 1.29 is 27.8 Å². The number of carbonyl (C=O) groups excluding carboxylic acids is 1. The van der Waals surface area contributed by atoms with Crippen molar-refractivity contribution in [1.82, 2.24) is 0 Å². The first-order valence-corrected chi connectivity index (χ1v) is 7.23. The number of hydrogen-bond acceptors (Lipinski definition) is 3. The zero-order valence-electron chi connectivity index (χ0n) is 12.7. The highest BCUT2D eigenvalue weighted by Gasteiger charge is 2.29. The topological polar surface area (TPSA) is 46.5 Å². The summed E-state index contributed by atoms with van der Waals surface area (Å²) in [6.45, 7) is 0. The van der Waals surface area contributed by atoms with Crippen molar-refractivity contribution >= 4 is 11.5 Å². The number of hydrogen-bond donors (Lipinski definition) is 1. The van der Waals surface area contributed by atoms with Crippen LogP contribution in [0.25, 0.3) is 5.57 Å². The monoisotopic (exact) mass is 344 g/mol. The van der Waals surface area contributed by atoms with E-state index in [1.807, 2.05) is 0 Å². The predicted molar refractivity (Wildman–Crippen MR) is 83.9 cm³/mol. The lowest BCUT2D eigenvalue weighted by molar-refractivity contribution is -0.149. The van der Waals surface area contributed by atoms with E-state index < -0.39 is 24.0 Å². The van der Waals surface area contributed by atoms with E-state index >= 15 is 0 Å². The molecule has 0 amide bonds. The van der Waals surface area contributed by atoms with Crippen molar-refractivity contribution in [2.24, 2.45) is 0 Å². The molecule has 0 bridgehead atoms. The van der Waals surface area contributed by atoms with Crippen LogP contribution in [0, 0.1) is 11.8 Å². The Kier molecular flexibility index (Phi) is 4.34. The van der Waals surface area contributed by atoms with Crippen LogP contribution in [0.1, 0.15) is 22.3 Å². The molecule has 0 fully saturated rings. The van der Waals surface area contributed by atoms with E-state index in [-0.39, 0.29) is 0 Å². The molecular formula is C19H11F3O3. The minimum atomic E-state index is -4.37. The summed E-state index contributed by atoms with van der Waals surface area (Å²) < 4.78 is 42.1. The molecule has 3 nitrogen and oxygen atoms in total. The normalized spacial score (nSPS) is 16.7. The Morgan fingerprint density at radius 1 is 0.920 bits per heavy atom. The molecule has 126 valence electrons. The van der Waals surface area contributed by atoms with Crippen LogP contribution in [0.5, 0.6) is 0 Å². The van der Waals surface area contributed by atoms with Gasteiger partial charge in [0.05, 0.1) is 5.56 Å². The fourth-order valence-electron chi connectivity index (χ4n) is 2.26. The fraction of sp³-hybridized carbons (Fsp3) is 0.105. The van der Waals surface area contributed by atoms with E-state index in [0.29, 0.717) is 22.3 Å². The summed E-state index contributed by atoms with van der Waals surface area (Å²) in [6.07, 6.45) is -4.43. The number of halogens is 3. The number of aliphatic hydroxyl groups is 1. The van der Waals surface area contributed by atoms with Gasteiger partial charge in [-0.2, -0.15) is 13.2 Å². The molecule has 1 N–H and O–H groups in total. The van der Waals surface area contributed by atoms with E-state index in [4.69, 9.17) is 0 Å². The predicted octanol–water partition coefficient (Wildman–Crippen LogP) is 3.36. The van der Waals surface area contributed by atoms with Gasteiger partial charge in [-0.05, 0) is 42.0 Å². The molecule has 2 aromatic rings. The second-order valence-corrected chi connectivity index (χ2v) is 5.29. The Morgan fingerprint density at radius 2 is 1.44 bits per heavy atom. The van der Waals surface area contributed by atoms with E-state index in [2.05, 4.69) is 16.6 Å². The van der Waals surface area contributed by atoms with Gasteiger partial charge in [0.1, 0.15) is 0 Å². The summed E-state index contributed by atoms with van der Waals surface area (Å²) in [5, 5.41) is 9.59. The van der Waals surface area contributed by atoms with Gasteiger partial charge in [-0.3, -0.25) is 0 Å². The van der Waals surface area contributed by atoms with Gasteiger partial charge in [-0.15, -0.1) is 0 Å². The molecule has 2 aromatic carbocycles. The van der Waals surface area contributed by atoms with Gasteiger partial charge in [0, 0.05) is 22.8 Å². The third-order valence-corrected chi connectivity index (χ3v) is 3.55. The summed E-state index contributed by atoms with van der Waals surface area (Å²) in [5.41, 5.74) is 1.38. The second-order valence-electron chi connectivity index (χ2n) is 5.29. The molecule has 3 rings (SSSR count). The number of benzene rings is 2. The molecule has 1 aliphatic heterocycles. The van der Waals surface area contributed by atoms with Gasteiger partial charge in [-0.25, -0.2) is 4.79 Å². The molecule has 0 saturated heterocycles. The number of carbonyl (C=O) groups is 1. The van der Waals surface area contributed by atoms with Gasteiger partial charge in [0.25, 0.3) is 0 Å². The van der Waals surface area contributed by atoms with Gasteiger partial charge < -0.3 is 9.84 Å². The lowest BCUT2D eigenvalue weighted by atomic mass is 10.0. The minimum Gasteiger partial charge on any atom is -0.428 e. The molecule has 1 atom stereocenters. The van der Waals surface area contributed by atoms with Crippen LogP contribution in [-0.4, -0.2) is 17.4 Å². The first kappa shape index (κ1) is 16.8. The van der Waals surface area contributed by atoms with E-state index in [0.717, 1.165) is 12.1 Å².